The predicted octanol–water partition coefficient (Wildman–Crippen LogP) is 3.82. The molecule has 2 N–H and O–H groups in total. The maximum atomic E-state index is 13.2. The van der Waals surface area contributed by atoms with Crippen molar-refractivity contribution in [2.45, 2.75) is 17.0 Å². The van der Waals surface area contributed by atoms with Gasteiger partial charge in [-0.2, -0.15) is 0 Å². The van der Waals surface area contributed by atoms with Crippen molar-refractivity contribution in [2.75, 3.05) is 23.3 Å². The maximum absolute atomic E-state index is 13.2. The molecule has 0 radical (unpaired) electrons. The number of nitrogens with one attached hydrogen (secondary N) is 1. The van der Waals surface area contributed by atoms with Crippen molar-refractivity contribution in [3.05, 3.63) is 82.3 Å². The number of halogens is 2. The second-order valence-corrected chi connectivity index (χ2v) is 13.1. The zero-order valence-corrected chi connectivity index (χ0v) is 22.5. The molecule has 1 fully saturated rings. The van der Waals surface area contributed by atoms with Crippen LogP contribution < -0.4 is 9.46 Å². The van der Waals surface area contributed by atoms with Gasteiger partial charge in [0.15, 0.2) is 9.84 Å². The van der Waals surface area contributed by atoms with Crippen LogP contribution in [0.3, 0.4) is 0 Å². The van der Waals surface area contributed by atoms with Crippen molar-refractivity contribution in [2.24, 2.45) is 0 Å². The molecule has 0 saturated carbocycles. The Morgan fingerprint density at radius 1 is 1.05 bits per heavy atom. The highest BCUT2D eigenvalue weighted by molar-refractivity contribution is 7.92. The molecule has 9 nitrogen and oxygen atoms in total. The second kappa shape index (κ2) is 10.5. The number of hydrogen-bond acceptors (Lipinski definition) is 7. The first-order chi connectivity index (χ1) is 17.4. The number of hydrogen-bond donors (Lipinski definition) is 2. The fourth-order valence-corrected chi connectivity index (χ4v) is 7.12. The van der Waals surface area contributed by atoms with Gasteiger partial charge in [0.1, 0.15) is 11.5 Å². The largest absolute Gasteiger partial charge is 0.456 e. The summed E-state index contributed by atoms with van der Waals surface area (Å²) >= 11 is 12.2. The fraction of sp³-hybridized carbons (Fsp3) is 0.208. The molecule has 0 bridgehead atoms. The van der Waals surface area contributed by atoms with Crippen LogP contribution in [-0.4, -0.2) is 63.4 Å². The first-order valence-corrected chi connectivity index (χ1v) is 14.9. The van der Waals surface area contributed by atoms with Crippen molar-refractivity contribution in [3.8, 4) is 11.5 Å². The first-order valence-electron chi connectivity index (χ1n) is 10.9. The number of carbonyl (C=O) groups excluding carboxylic acids is 1. The molecule has 3 aromatic carbocycles. The number of anilines is 1. The Hall–Kier alpha value is -2.83. The molecule has 1 aliphatic rings. The van der Waals surface area contributed by atoms with E-state index in [4.69, 9.17) is 27.9 Å². The van der Waals surface area contributed by atoms with Crippen molar-refractivity contribution < 1.29 is 31.5 Å². The summed E-state index contributed by atoms with van der Waals surface area (Å²) in [5.41, 5.74) is -0.165. The molecular weight excluding hydrogens is 563 g/mol. The molecule has 1 amide bonds. The second-order valence-electron chi connectivity index (χ2n) is 8.43. The van der Waals surface area contributed by atoms with Gasteiger partial charge in [-0.1, -0.05) is 35.3 Å². The molecule has 196 valence electrons. The lowest BCUT2D eigenvalue weighted by atomic mass is 10.1. The van der Waals surface area contributed by atoms with Gasteiger partial charge >= 0.3 is 0 Å². The summed E-state index contributed by atoms with van der Waals surface area (Å²) in [5, 5.41) is 10.7. The van der Waals surface area contributed by atoms with Gasteiger partial charge in [-0.3, -0.25) is 9.52 Å². The Morgan fingerprint density at radius 2 is 1.73 bits per heavy atom. The van der Waals surface area contributed by atoms with Gasteiger partial charge in [0, 0.05) is 12.1 Å². The zero-order chi connectivity index (χ0) is 27.0. The van der Waals surface area contributed by atoms with Crippen LogP contribution in [0.2, 0.25) is 10.0 Å². The van der Waals surface area contributed by atoms with Gasteiger partial charge in [0.05, 0.1) is 44.8 Å². The molecule has 1 saturated heterocycles. The molecule has 1 aliphatic heterocycles. The zero-order valence-electron chi connectivity index (χ0n) is 19.3. The van der Waals surface area contributed by atoms with Gasteiger partial charge in [-0.05, 0) is 54.6 Å². The third-order valence-electron chi connectivity index (χ3n) is 5.77. The van der Waals surface area contributed by atoms with Crippen molar-refractivity contribution >= 4 is 54.7 Å². The SMILES string of the molecule is CN(C(=O)c1cc(Cl)ccc1NS(=O)(=O)c1ccc(Oc2ccccc2Cl)cc1)[C@H]1CS(=O)(=O)C[C@@H]1O. The summed E-state index contributed by atoms with van der Waals surface area (Å²) in [6.45, 7) is 0. The number of amides is 1. The molecule has 0 aromatic heterocycles. The monoisotopic (exact) mass is 584 g/mol. The standard InChI is InChI=1S/C24H22Cl2N2O7S2/c1-28(21-13-36(31,32)14-22(21)29)24(30)18-12-15(25)6-11-20(18)27-37(33,34)17-9-7-16(8-10-17)35-23-5-3-2-4-19(23)26/h2-12,21-22,27,29H,13-14H2,1H3/t21-,22-/m0/s1. The third-order valence-corrected chi connectivity index (χ3v) is 9.39. The van der Waals surface area contributed by atoms with E-state index in [0.717, 1.165) is 4.90 Å². The molecular formula is C24H22Cl2N2O7S2. The lowest BCUT2D eigenvalue weighted by Crippen LogP contribution is -2.44. The molecule has 0 spiro atoms. The molecule has 0 unspecified atom stereocenters. The fourth-order valence-electron chi connectivity index (χ4n) is 3.85. The van der Waals surface area contributed by atoms with E-state index in [9.17, 15) is 26.7 Å². The van der Waals surface area contributed by atoms with Crippen LogP contribution in [0.4, 0.5) is 5.69 Å². The third kappa shape index (κ3) is 6.19. The normalized spacial score (nSPS) is 18.8. The van der Waals surface area contributed by atoms with Crippen LogP contribution in [-0.2, 0) is 19.9 Å². The average molecular weight is 585 g/mol. The molecule has 1 heterocycles. The highest BCUT2D eigenvalue weighted by Crippen LogP contribution is 2.31. The number of sulfonamides is 1. The minimum Gasteiger partial charge on any atom is -0.456 e. The van der Waals surface area contributed by atoms with E-state index >= 15 is 0 Å². The molecule has 4 rings (SSSR count). The van der Waals surface area contributed by atoms with E-state index in [1.807, 2.05) is 0 Å². The number of aliphatic hydroxyl groups is 1. The van der Waals surface area contributed by atoms with E-state index in [-0.39, 0.29) is 21.2 Å². The van der Waals surface area contributed by atoms with Crippen molar-refractivity contribution in [1.29, 1.82) is 0 Å². The Morgan fingerprint density at radius 3 is 2.35 bits per heavy atom. The van der Waals surface area contributed by atoms with Crippen LogP contribution in [0.5, 0.6) is 11.5 Å². The summed E-state index contributed by atoms with van der Waals surface area (Å²) in [4.78, 5) is 14.2. The lowest BCUT2D eigenvalue weighted by Gasteiger charge is -2.27. The van der Waals surface area contributed by atoms with Crippen LogP contribution in [0.15, 0.2) is 71.6 Å². The highest BCUT2D eigenvalue weighted by atomic mass is 35.5. The van der Waals surface area contributed by atoms with E-state index < -0.39 is 49.4 Å². The molecule has 2 atom stereocenters. The van der Waals surface area contributed by atoms with E-state index in [1.165, 1.54) is 49.5 Å². The van der Waals surface area contributed by atoms with Gasteiger partial charge in [0.2, 0.25) is 0 Å². The summed E-state index contributed by atoms with van der Waals surface area (Å²) < 4.78 is 58.1. The highest BCUT2D eigenvalue weighted by Gasteiger charge is 2.41. The predicted molar refractivity (Wildman–Crippen MR) is 141 cm³/mol. The molecule has 3 aromatic rings. The Balaban J connectivity index is 1.56. The smallest absolute Gasteiger partial charge is 0.261 e. The van der Waals surface area contributed by atoms with E-state index in [1.54, 1.807) is 24.3 Å². The number of rotatable bonds is 7. The molecule has 13 heteroatoms. The Kier molecular flexibility index (Phi) is 7.72. The van der Waals surface area contributed by atoms with Crippen LogP contribution in [0, 0.1) is 0 Å². The quantitative estimate of drug-likeness (QED) is 0.431. The lowest BCUT2D eigenvalue weighted by molar-refractivity contribution is 0.0582. The van der Waals surface area contributed by atoms with Gasteiger partial charge in [0.25, 0.3) is 15.9 Å². The first kappa shape index (κ1) is 27.2. The van der Waals surface area contributed by atoms with Crippen molar-refractivity contribution in [3.63, 3.8) is 0 Å². The number of likely N-dealkylation sites (N-methyl/N-ethyl adjacent to an activating group) is 1. The van der Waals surface area contributed by atoms with Crippen LogP contribution >= 0.6 is 23.2 Å². The minimum absolute atomic E-state index is 0.0620. The average Bonchev–Trinajstić information content (AvgIpc) is 3.13. The van der Waals surface area contributed by atoms with E-state index in [2.05, 4.69) is 4.72 Å². The number of sulfone groups is 1. The number of benzene rings is 3. The number of nitrogens with zero attached hydrogens (tertiary/aromatic N) is 1. The molecule has 0 aliphatic carbocycles. The molecule has 37 heavy (non-hydrogen) atoms. The van der Waals surface area contributed by atoms with Crippen molar-refractivity contribution in [1.82, 2.24) is 4.90 Å². The summed E-state index contributed by atoms with van der Waals surface area (Å²) in [7, 11) is -6.32. The van der Waals surface area contributed by atoms with Crippen LogP contribution in [0.25, 0.3) is 0 Å². The number of aliphatic hydroxyl groups excluding tert-OH is 1. The topological polar surface area (TPSA) is 130 Å². The maximum Gasteiger partial charge on any atom is 0.261 e. The minimum atomic E-state index is -4.14. The number of para-hydroxylation sites is 1. The van der Waals surface area contributed by atoms with Crippen LogP contribution in [0.1, 0.15) is 10.4 Å². The Bertz CT molecular complexity index is 1550. The van der Waals surface area contributed by atoms with E-state index in [0.29, 0.717) is 16.5 Å². The van der Waals surface area contributed by atoms with Gasteiger partial charge in [-0.15, -0.1) is 0 Å². The number of carbonyl (C=O) groups is 1. The number of ether oxygens (including phenoxy) is 1. The van der Waals surface area contributed by atoms with Gasteiger partial charge < -0.3 is 14.7 Å². The van der Waals surface area contributed by atoms with Gasteiger partial charge in [-0.25, -0.2) is 16.8 Å². The Labute approximate surface area is 224 Å². The summed E-state index contributed by atoms with van der Waals surface area (Å²) in [5.74, 6) is -0.793. The summed E-state index contributed by atoms with van der Waals surface area (Å²) in [6.07, 6.45) is -1.26. The summed E-state index contributed by atoms with van der Waals surface area (Å²) in [6, 6.07) is 15.4.